The average Bonchev–Trinajstić information content (AvgIpc) is 2.87. The van der Waals surface area contributed by atoms with Gasteiger partial charge in [0.05, 0.1) is 12.0 Å². The maximum Gasteiger partial charge on any atom is 0.240 e. The summed E-state index contributed by atoms with van der Waals surface area (Å²) < 4.78 is 6.62. The first-order chi connectivity index (χ1) is 13.2. The zero-order valence-electron chi connectivity index (χ0n) is 16.2. The Labute approximate surface area is 173 Å². The number of aliphatic hydroxyl groups is 1. The van der Waals surface area contributed by atoms with Gasteiger partial charge in [0.25, 0.3) is 0 Å². The molecule has 0 radical (unpaired) electrons. The Morgan fingerprint density at radius 3 is 2.54 bits per heavy atom. The van der Waals surface area contributed by atoms with Gasteiger partial charge in [0, 0.05) is 10.9 Å². The molecule has 6 heteroatoms. The molecular formula is C22H24BrNO4. The molecule has 1 aliphatic rings. The van der Waals surface area contributed by atoms with Crippen LogP contribution in [0.2, 0.25) is 0 Å². The van der Waals surface area contributed by atoms with Crippen molar-refractivity contribution in [3.8, 4) is 5.75 Å². The quantitative estimate of drug-likeness (QED) is 0.690. The largest absolute Gasteiger partial charge is 0.491 e. The van der Waals surface area contributed by atoms with Crippen LogP contribution in [0.4, 0.5) is 0 Å². The third-order valence-corrected chi connectivity index (χ3v) is 5.70. The lowest BCUT2D eigenvalue weighted by molar-refractivity contribution is -0.141. The predicted octanol–water partition coefficient (Wildman–Crippen LogP) is 3.52. The van der Waals surface area contributed by atoms with E-state index in [0.717, 1.165) is 26.1 Å². The van der Waals surface area contributed by atoms with Gasteiger partial charge in [-0.25, -0.2) is 0 Å². The number of β-amino-alcohol motifs (C(OH)–C–C–N with tert-alkyl or cyclic N) is 1. The molecule has 2 atom stereocenters. The Morgan fingerprint density at radius 1 is 1.18 bits per heavy atom. The molecule has 1 fully saturated rings. The summed E-state index contributed by atoms with van der Waals surface area (Å²) in [6.07, 6.45) is -0.863. The molecule has 1 heterocycles. The Bertz CT molecular complexity index is 896. The highest BCUT2D eigenvalue weighted by molar-refractivity contribution is 9.10. The molecule has 0 aromatic heterocycles. The maximum absolute atomic E-state index is 13.0. The van der Waals surface area contributed by atoms with E-state index in [0.29, 0.717) is 5.75 Å². The standard InChI is InChI=1S/C22H24BrNO4/c1-14-4-5-15(2)19(10-14)28-13-18(25)12-24-20(26)11-22(3,21(24)27)16-6-8-17(23)9-7-16/h4-10,18,25H,11-13H2,1-3H3. The predicted molar refractivity (Wildman–Crippen MR) is 110 cm³/mol. The molecule has 5 nitrogen and oxygen atoms in total. The van der Waals surface area contributed by atoms with Crippen LogP contribution in [0.1, 0.15) is 30.0 Å². The fourth-order valence-corrected chi connectivity index (χ4v) is 3.69. The number of carbonyl (C=O) groups excluding carboxylic acids is 2. The second-order valence-corrected chi connectivity index (χ2v) is 8.47. The fraction of sp³-hybridized carbons (Fsp3) is 0.364. The van der Waals surface area contributed by atoms with Gasteiger partial charge in [-0.1, -0.05) is 40.2 Å². The minimum Gasteiger partial charge on any atom is -0.491 e. The minimum absolute atomic E-state index is 0.0103. The SMILES string of the molecule is Cc1ccc(C)c(OCC(O)CN2C(=O)CC(C)(c3ccc(Br)cc3)C2=O)c1. The summed E-state index contributed by atoms with van der Waals surface area (Å²) in [7, 11) is 0. The average molecular weight is 446 g/mol. The number of likely N-dealkylation sites (tertiary alicyclic amines) is 1. The first-order valence-electron chi connectivity index (χ1n) is 9.19. The van der Waals surface area contributed by atoms with E-state index in [1.807, 2.05) is 56.3 Å². The summed E-state index contributed by atoms with van der Waals surface area (Å²) >= 11 is 3.38. The van der Waals surface area contributed by atoms with Crippen molar-refractivity contribution in [1.82, 2.24) is 4.90 Å². The molecule has 1 N–H and O–H groups in total. The summed E-state index contributed by atoms with van der Waals surface area (Å²) in [6.45, 7) is 5.60. The number of carbonyl (C=O) groups is 2. The van der Waals surface area contributed by atoms with Crippen LogP contribution < -0.4 is 4.74 Å². The van der Waals surface area contributed by atoms with Crippen molar-refractivity contribution in [3.63, 3.8) is 0 Å². The molecule has 2 aromatic rings. The Balaban J connectivity index is 1.66. The second-order valence-electron chi connectivity index (χ2n) is 7.56. The third kappa shape index (κ3) is 4.13. The number of nitrogens with zero attached hydrogens (tertiary/aromatic N) is 1. The smallest absolute Gasteiger partial charge is 0.240 e. The number of benzene rings is 2. The third-order valence-electron chi connectivity index (χ3n) is 5.17. The van der Waals surface area contributed by atoms with Gasteiger partial charge in [0.15, 0.2) is 0 Å². The first-order valence-corrected chi connectivity index (χ1v) is 9.99. The number of amides is 2. The molecule has 0 bridgehead atoms. The van der Waals surface area contributed by atoms with Crippen LogP contribution in [0.5, 0.6) is 5.75 Å². The number of hydrogen-bond acceptors (Lipinski definition) is 4. The molecular weight excluding hydrogens is 422 g/mol. The van der Waals surface area contributed by atoms with E-state index in [1.54, 1.807) is 6.92 Å². The van der Waals surface area contributed by atoms with Gasteiger partial charge < -0.3 is 9.84 Å². The molecule has 1 saturated heterocycles. The Morgan fingerprint density at radius 2 is 1.86 bits per heavy atom. The number of rotatable bonds is 6. The summed E-state index contributed by atoms with van der Waals surface area (Å²) in [4.78, 5) is 26.6. The normalized spacial score (nSPS) is 20.5. The zero-order valence-corrected chi connectivity index (χ0v) is 17.8. The molecule has 0 aliphatic carbocycles. The van der Waals surface area contributed by atoms with Crippen LogP contribution in [0.15, 0.2) is 46.9 Å². The van der Waals surface area contributed by atoms with Gasteiger partial charge in [-0.15, -0.1) is 0 Å². The van der Waals surface area contributed by atoms with E-state index in [4.69, 9.17) is 4.74 Å². The molecule has 3 rings (SSSR count). The molecule has 1 aliphatic heterocycles. The monoisotopic (exact) mass is 445 g/mol. The van der Waals surface area contributed by atoms with Crippen LogP contribution in [-0.4, -0.2) is 41.1 Å². The number of aryl methyl sites for hydroxylation is 2. The minimum atomic E-state index is -0.958. The summed E-state index contributed by atoms with van der Waals surface area (Å²) in [5.74, 6) is 0.129. The number of halogens is 1. The lowest BCUT2D eigenvalue weighted by atomic mass is 9.81. The van der Waals surface area contributed by atoms with E-state index in [2.05, 4.69) is 15.9 Å². The molecule has 0 spiro atoms. The van der Waals surface area contributed by atoms with Crippen LogP contribution >= 0.6 is 15.9 Å². The molecule has 28 heavy (non-hydrogen) atoms. The topological polar surface area (TPSA) is 66.8 Å². The fourth-order valence-electron chi connectivity index (χ4n) is 3.42. The van der Waals surface area contributed by atoms with E-state index in [9.17, 15) is 14.7 Å². The van der Waals surface area contributed by atoms with Crippen LogP contribution in [-0.2, 0) is 15.0 Å². The lowest BCUT2D eigenvalue weighted by Gasteiger charge is -2.24. The van der Waals surface area contributed by atoms with E-state index in [-0.39, 0.29) is 31.4 Å². The number of ether oxygens (including phenoxy) is 1. The highest BCUT2D eigenvalue weighted by atomic mass is 79.9. The van der Waals surface area contributed by atoms with Crippen molar-refractivity contribution in [2.24, 2.45) is 0 Å². The molecule has 2 unspecified atom stereocenters. The highest BCUT2D eigenvalue weighted by Crippen LogP contribution is 2.36. The van der Waals surface area contributed by atoms with E-state index in [1.165, 1.54) is 0 Å². The van der Waals surface area contributed by atoms with Crippen molar-refractivity contribution < 1.29 is 19.4 Å². The summed E-state index contributed by atoms with van der Waals surface area (Å²) in [5, 5.41) is 10.4. The van der Waals surface area contributed by atoms with Crippen molar-refractivity contribution in [2.75, 3.05) is 13.2 Å². The number of aliphatic hydroxyl groups excluding tert-OH is 1. The van der Waals surface area contributed by atoms with Crippen molar-refractivity contribution in [1.29, 1.82) is 0 Å². The van der Waals surface area contributed by atoms with Crippen LogP contribution in [0.3, 0.4) is 0 Å². The van der Waals surface area contributed by atoms with E-state index < -0.39 is 11.5 Å². The molecule has 0 saturated carbocycles. The molecule has 2 amide bonds. The molecule has 2 aromatic carbocycles. The van der Waals surface area contributed by atoms with E-state index >= 15 is 0 Å². The van der Waals surface area contributed by atoms with Gasteiger partial charge in [0.1, 0.15) is 18.5 Å². The first kappa shape index (κ1) is 20.6. The Hall–Kier alpha value is -2.18. The zero-order chi connectivity index (χ0) is 20.5. The van der Waals surface area contributed by atoms with Crippen molar-refractivity contribution >= 4 is 27.7 Å². The number of imide groups is 1. The summed E-state index contributed by atoms with van der Waals surface area (Å²) in [6, 6.07) is 13.2. The van der Waals surface area contributed by atoms with Crippen molar-refractivity contribution in [3.05, 3.63) is 63.6 Å². The van der Waals surface area contributed by atoms with Crippen LogP contribution in [0, 0.1) is 13.8 Å². The summed E-state index contributed by atoms with van der Waals surface area (Å²) in [5.41, 5.74) is 1.91. The highest BCUT2D eigenvalue weighted by Gasteiger charge is 2.49. The second kappa shape index (κ2) is 8.05. The van der Waals surface area contributed by atoms with Gasteiger partial charge in [-0.2, -0.15) is 0 Å². The number of hydrogen-bond donors (Lipinski definition) is 1. The van der Waals surface area contributed by atoms with Crippen molar-refractivity contribution in [2.45, 2.75) is 38.7 Å². The van der Waals surface area contributed by atoms with Gasteiger partial charge in [0.2, 0.25) is 11.8 Å². The molecule has 148 valence electrons. The van der Waals surface area contributed by atoms with Gasteiger partial charge in [-0.05, 0) is 55.7 Å². The van der Waals surface area contributed by atoms with Crippen LogP contribution in [0.25, 0.3) is 0 Å². The maximum atomic E-state index is 13.0. The lowest BCUT2D eigenvalue weighted by Crippen LogP contribution is -2.42. The van der Waals surface area contributed by atoms with Gasteiger partial charge in [-0.3, -0.25) is 14.5 Å². The van der Waals surface area contributed by atoms with Gasteiger partial charge >= 0.3 is 0 Å². The Kier molecular flexibility index (Phi) is 5.91.